The molecule has 0 fully saturated rings. The predicted octanol–water partition coefficient (Wildman–Crippen LogP) is 5.06. The van der Waals surface area contributed by atoms with Gasteiger partial charge in [-0.15, -0.1) is 0 Å². The smallest absolute Gasteiger partial charge is 0.417 e. The van der Waals surface area contributed by atoms with E-state index in [2.05, 4.69) is 0 Å². The largest absolute Gasteiger partial charge is 0.418 e. The van der Waals surface area contributed by atoms with Crippen LogP contribution in [0.15, 0.2) is 99.2 Å². The molecule has 2 heterocycles. The van der Waals surface area contributed by atoms with Crippen LogP contribution in [-0.2, 0) is 0 Å². The fraction of sp³-hybridized carbons (Fsp3) is 0.0833. The van der Waals surface area contributed by atoms with Crippen molar-refractivity contribution in [1.82, 2.24) is 0 Å². The first kappa shape index (κ1) is 18.7. The zero-order valence-electron chi connectivity index (χ0n) is 16.3. The highest BCUT2D eigenvalue weighted by Crippen LogP contribution is 2.43. The normalized spacial score (nSPS) is 15.8. The molecule has 0 saturated heterocycles. The number of benzene rings is 3. The molecule has 1 aliphatic heterocycles. The number of fused-ring (bicyclic) bond motifs is 1. The van der Waals surface area contributed by atoms with Gasteiger partial charge in [0, 0.05) is 6.42 Å². The maximum absolute atomic E-state index is 12.6. The fourth-order valence-corrected chi connectivity index (χ4v) is 3.97. The Hall–Kier alpha value is -4.26. The number of para-hydroxylation sites is 1. The van der Waals surface area contributed by atoms with Crippen LogP contribution < -0.4 is 10.6 Å². The van der Waals surface area contributed by atoms with Gasteiger partial charge in [0.25, 0.3) is 0 Å². The van der Waals surface area contributed by atoms with Crippen LogP contribution >= 0.6 is 0 Å². The third-order valence-corrected chi connectivity index (χ3v) is 5.38. The average molecular weight is 411 g/mol. The van der Waals surface area contributed by atoms with Crippen LogP contribution in [-0.4, -0.2) is 10.6 Å². The van der Waals surface area contributed by atoms with Crippen molar-refractivity contribution >= 4 is 28.1 Å². The fourth-order valence-electron chi connectivity index (χ4n) is 3.97. The molecule has 3 aromatic carbocycles. The molecular weight excluding hydrogens is 394 g/mol. The van der Waals surface area contributed by atoms with Gasteiger partial charge in [0.1, 0.15) is 5.58 Å². The van der Waals surface area contributed by atoms with Gasteiger partial charge in [0.05, 0.1) is 22.1 Å². The zero-order chi connectivity index (χ0) is 21.4. The summed E-state index contributed by atoms with van der Waals surface area (Å²) < 4.78 is 5.23. The Kier molecular flexibility index (Phi) is 4.55. The van der Waals surface area contributed by atoms with Gasteiger partial charge in [-0.1, -0.05) is 72.8 Å². The lowest BCUT2D eigenvalue weighted by molar-refractivity contribution is -0.386. The second-order valence-corrected chi connectivity index (χ2v) is 7.23. The second kappa shape index (κ2) is 7.53. The van der Waals surface area contributed by atoms with Crippen LogP contribution in [0.1, 0.15) is 23.6 Å². The quantitative estimate of drug-likeness (QED) is 0.266. The molecule has 4 aromatic rings. The van der Waals surface area contributed by atoms with Crippen molar-refractivity contribution in [2.75, 3.05) is 5.01 Å². The first-order valence-corrected chi connectivity index (χ1v) is 9.81. The molecule has 1 aromatic heterocycles. The standard InChI is InChI=1S/C24H17N3O4/c28-24-23(27(29)30)22(18-13-7-8-14-21(18)31-24)26-20(17-11-5-2-6-12-17)15-19(25-26)16-9-3-1-4-10-16/h1-14,20H,15H2/t20-/m1/s1. The van der Waals surface area contributed by atoms with Crippen molar-refractivity contribution in [2.45, 2.75) is 12.5 Å². The number of nitrogens with zero attached hydrogens (tertiary/aromatic N) is 3. The van der Waals surface area contributed by atoms with Gasteiger partial charge in [-0.2, -0.15) is 5.10 Å². The van der Waals surface area contributed by atoms with E-state index < -0.39 is 16.2 Å². The zero-order valence-corrected chi connectivity index (χ0v) is 16.3. The Labute approximate surface area is 177 Å². The van der Waals surface area contributed by atoms with E-state index in [1.54, 1.807) is 29.3 Å². The van der Waals surface area contributed by atoms with E-state index in [1.165, 1.54) is 0 Å². The van der Waals surface area contributed by atoms with E-state index in [4.69, 9.17) is 9.52 Å². The lowest BCUT2D eigenvalue weighted by Gasteiger charge is -2.24. The Balaban J connectivity index is 1.79. The van der Waals surface area contributed by atoms with Crippen molar-refractivity contribution < 1.29 is 9.34 Å². The van der Waals surface area contributed by atoms with E-state index >= 15 is 0 Å². The summed E-state index contributed by atoms with van der Waals surface area (Å²) in [5.41, 5.74) is 1.50. The van der Waals surface area contributed by atoms with Crippen molar-refractivity contribution in [3.8, 4) is 0 Å². The van der Waals surface area contributed by atoms with E-state index in [0.29, 0.717) is 11.8 Å². The number of hydrogen-bond donors (Lipinski definition) is 0. The Morgan fingerprint density at radius 2 is 1.58 bits per heavy atom. The maximum atomic E-state index is 12.6. The molecule has 31 heavy (non-hydrogen) atoms. The van der Waals surface area contributed by atoms with Crippen molar-refractivity contribution in [2.24, 2.45) is 5.10 Å². The molecule has 7 heteroatoms. The van der Waals surface area contributed by atoms with Gasteiger partial charge in [-0.3, -0.25) is 10.1 Å². The van der Waals surface area contributed by atoms with Gasteiger partial charge in [-0.05, 0) is 23.3 Å². The van der Waals surface area contributed by atoms with Crippen LogP contribution in [0.5, 0.6) is 0 Å². The molecule has 152 valence electrons. The number of hydrazone groups is 1. The number of rotatable bonds is 4. The summed E-state index contributed by atoms with van der Waals surface area (Å²) in [5, 5.41) is 18.8. The van der Waals surface area contributed by atoms with Crippen molar-refractivity contribution in [3.05, 3.63) is 117 Å². The number of hydrogen-bond acceptors (Lipinski definition) is 6. The van der Waals surface area contributed by atoms with Crippen molar-refractivity contribution in [1.29, 1.82) is 0 Å². The minimum absolute atomic E-state index is 0.150. The summed E-state index contributed by atoms with van der Waals surface area (Å²) in [7, 11) is 0. The minimum Gasteiger partial charge on any atom is -0.418 e. The molecule has 0 aliphatic carbocycles. The monoisotopic (exact) mass is 411 g/mol. The lowest BCUT2D eigenvalue weighted by atomic mass is 9.98. The third kappa shape index (κ3) is 3.26. The van der Waals surface area contributed by atoms with Crippen LogP contribution in [0.3, 0.4) is 0 Å². The van der Waals surface area contributed by atoms with Crippen LogP contribution in [0.25, 0.3) is 11.0 Å². The highest BCUT2D eigenvalue weighted by atomic mass is 16.6. The molecule has 7 nitrogen and oxygen atoms in total. The maximum Gasteiger partial charge on any atom is 0.417 e. The van der Waals surface area contributed by atoms with E-state index in [1.807, 2.05) is 60.7 Å². The lowest BCUT2D eigenvalue weighted by Crippen LogP contribution is -2.22. The topological polar surface area (TPSA) is 89.0 Å². The van der Waals surface area contributed by atoms with Crippen LogP contribution in [0.4, 0.5) is 11.4 Å². The number of nitro groups is 1. The molecule has 0 saturated carbocycles. The summed E-state index contributed by atoms with van der Waals surface area (Å²) >= 11 is 0. The first-order chi connectivity index (χ1) is 15.1. The average Bonchev–Trinajstić information content (AvgIpc) is 3.24. The second-order valence-electron chi connectivity index (χ2n) is 7.23. The molecule has 0 unspecified atom stereocenters. The van der Waals surface area contributed by atoms with E-state index in [0.717, 1.165) is 16.8 Å². The number of anilines is 1. The Bertz CT molecular complexity index is 1360. The van der Waals surface area contributed by atoms with E-state index in [9.17, 15) is 14.9 Å². The molecule has 0 radical (unpaired) electrons. The molecule has 0 N–H and O–H groups in total. The van der Waals surface area contributed by atoms with Gasteiger partial charge < -0.3 is 4.42 Å². The highest BCUT2D eigenvalue weighted by molar-refractivity contribution is 6.05. The van der Waals surface area contributed by atoms with Gasteiger partial charge >= 0.3 is 11.3 Å². The van der Waals surface area contributed by atoms with Gasteiger partial charge in [-0.25, -0.2) is 9.80 Å². The van der Waals surface area contributed by atoms with Gasteiger partial charge in [0.15, 0.2) is 5.69 Å². The third-order valence-electron chi connectivity index (χ3n) is 5.38. The predicted molar refractivity (Wildman–Crippen MR) is 118 cm³/mol. The summed E-state index contributed by atoms with van der Waals surface area (Å²) in [4.78, 5) is 23.8. The summed E-state index contributed by atoms with van der Waals surface area (Å²) in [6.07, 6.45) is 0.541. The van der Waals surface area contributed by atoms with Crippen LogP contribution in [0, 0.1) is 10.1 Å². The molecule has 0 bridgehead atoms. The Morgan fingerprint density at radius 3 is 2.29 bits per heavy atom. The molecule has 5 rings (SSSR count). The summed E-state index contributed by atoms with van der Waals surface area (Å²) in [6.45, 7) is 0. The summed E-state index contributed by atoms with van der Waals surface area (Å²) in [5.74, 6) is 0. The molecule has 1 atom stereocenters. The van der Waals surface area contributed by atoms with Crippen molar-refractivity contribution in [3.63, 3.8) is 0 Å². The van der Waals surface area contributed by atoms with Crippen LogP contribution in [0.2, 0.25) is 0 Å². The molecular formula is C24H17N3O4. The minimum atomic E-state index is -0.992. The molecule has 1 aliphatic rings. The molecule has 0 spiro atoms. The molecule has 0 amide bonds. The Morgan fingerprint density at radius 1 is 0.935 bits per heavy atom. The summed E-state index contributed by atoms with van der Waals surface area (Å²) in [6, 6.07) is 25.8. The van der Waals surface area contributed by atoms with E-state index in [-0.39, 0.29) is 17.3 Å². The SMILES string of the molecule is O=c1oc2ccccc2c(N2N=C(c3ccccc3)C[C@@H]2c2ccccc2)c1[N+](=O)[O-]. The van der Waals surface area contributed by atoms with Gasteiger partial charge in [0.2, 0.25) is 0 Å². The highest BCUT2D eigenvalue weighted by Gasteiger charge is 2.37. The first-order valence-electron chi connectivity index (χ1n) is 9.81.